The topological polar surface area (TPSA) is 72.3 Å². The maximum atomic E-state index is 12.6. The van der Waals surface area contributed by atoms with E-state index >= 15 is 0 Å². The lowest BCUT2D eigenvalue weighted by Gasteiger charge is -2.35. The van der Waals surface area contributed by atoms with Gasteiger partial charge in [-0.3, -0.25) is 9.69 Å². The highest BCUT2D eigenvalue weighted by Crippen LogP contribution is 2.29. The minimum atomic E-state index is -4.41. The van der Waals surface area contributed by atoms with Crippen LogP contribution < -0.4 is 10.2 Å². The number of amides is 1. The quantitative estimate of drug-likeness (QED) is 0.816. The molecular formula is C19H17ClF3N5O. The Balaban J connectivity index is 1.53. The fourth-order valence-corrected chi connectivity index (χ4v) is 3.16. The minimum absolute atomic E-state index is 0.131. The van der Waals surface area contributed by atoms with Gasteiger partial charge in [0.15, 0.2) is 0 Å². The standard InChI is InChI=1S/C19H17ClF3N5O/c20-15-3-1-13(10-24)16(9-15)26-18(29)12-27-5-7-28(8-6-27)17-4-2-14(11-25-17)19(21,22)23/h1-4,9,11H,5-8,12H2,(H,26,29). The van der Waals surface area contributed by atoms with E-state index in [0.717, 1.165) is 12.3 Å². The highest BCUT2D eigenvalue weighted by Gasteiger charge is 2.31. The number of pyridine rings is 1. The summed E-state index contributed by atoms with van der Waals surface area (Å²) in [6.45, 7) is 2.30. The van der Waals surface area contributed by atoms with Gasteiger partial charge < -0.3 is 10.2 Å². The Bertz CT molecular complexity index is 919. The van der Waals surface area contributed by atoms with E-state index in [9.17, 15) is 18.0 Å². The van der Waals surface area contributed by atoms with Crippen molar-refractivity contribution in [3.8, 4) is 6.07 Å². The summed E-state index contributed by atoms with van der Waals surface area (Å²) in [6, 6.07) is 9.00. The van der Waals surface area contributed by atoms with E-state index in [1.807, 2.05) is 15.9 Å². The molecule has 0 unspecified atom stereocenters. The Hall–Kier alpha value is -2.83. The number of benzene rings is 1. The molecule has 152 valence electrons. The number of nitrogens with one attached hydrogen (secondary N) is 1. The van der Waals surface area contributed by atoms with Crippen LogP contribution in [0, 0.1) is 11.3 Å². The molecule has 0 atom stereocenters. The predicted molar refractivity (Wildman–Crippen MR) is 103 cm³/mol. The molecule has 0 saturated carbocycles. The fraction of sp³-hybridized carbons (Fsp3) is 0.316. The molecule has 2 aromatic rings. The van der Waals surface area contributed by atoms with Crippen molar-refractivity contribution < 1.29 is 18.0 Å². The molecule has 1 aliphatic rings. The SMILES string of the molecule is N#Cc1ccc(Cl)cc1NC(=O)CN1CCN(c2ccc(C(F)(F)F)cn2)CC1. The van der Waals surface area contributed by atoms with Gasteiger partial charge >= 0.3 is 6.18 Å². The zero-order valence-corrected chi connectivity index (χ0v) is 16.0. The first-order valence-corrected chi connectivity index (χ1v) is 9.14. The van der Waals surface area contributed by atoms with Gasteiger partial charge in [-0.1, -0.05) is 11.6 Å². The lowest BCUT2D eigenvalue weighted by molar-refractivity contribution is -0.137. The normalized spacial score (nSPS) is 15.1. The molecule has 29 heavy (non-hydrogen) atoms. The molecule has 1 saturated heterocycles. The number of anilines is 2. The van der Waals surface area contributed by atoms with E-state index in [2.05, 4.69) is 10.3 Å². The van der Waals surface area contributed by atoms with Gasteiger partial charge in [0.25, 0.3) is 0 Å². The molecule has 2 heterocycles. The van der Waals surface area contributed by atoms with E-state index in [4.69, 9.17) is 16.9 Å². The van der Waals surface area contributed by atoms with Crippen molar-refractivity contribution in [1.29, 1.82) is 5.26 Å². The number of hydrogen-bond acceptors (Lipinski definition) is 5. The van der Waals surface area contributed by atoms with Crippen LogP contribution in [0.25, 0.3) is 0 Å². The summed E-state index contributed by atoms with van der Waals surface area (Å²) in [7, 11) is 0. The van der Waals surface area contributed by atoms with Crippen LogP contribution in [0.5, 0.6) is 0 Å². The Morgan fingerprint density at radius 1 is 1.21 bits per heavy atom. The first-order valence-electron chi connectivity index (χ1n) is 8.76. The smallest absolute Gasteiger partial charge is 0.354 e. The monoisotopic (exact) mass is 423 g/mol. The highest BCUT2D eigenvalue weighted by molar-refractivity contribution is 6.31. The maximum Gasteiger partial charge on any atom is 0.417 e. The molecule has 0 radical (unpaired) electrons. The second kappa shape index (κ2) is 8.68. The lowest BCUT2D eigenvalue weighted by Crippen LogP contribution is -2.49. The van der Waals surface area contributed by atoms with Gasteiger partial charge in [-0.25, -0.2) is 4.98 Å². The van der Waals surface area contributed by atoms with Gasteiger partial charge in [0.2, 0.25) is 5.91 Å². The summed E-state index contributed by atoms with van der Waals surface area (Å²) in [5.74, 6) is 0.199. The summed E-state index contributed by atoms with van der Waals surface area (Å²) in [5, 5.41) is 12.2. The van der Waals surface area contributed by atoms with E-state index < -0.39 is 11.7 Å². The second-order valence-corrected chi connectivity index (χ2v) is 6.95. The van der Waals surface area contributed by atoms with Crippen molar-refractivity contribution >= 4 is 29.0 Å². The van der Waals surface area contributed by atoms with Crippen LogP contribution in [0.15, 0.2) is 36.5 Å². The zero-order valence-electron chi connectivity index (χ0n) is 15.2. The van der Waals surface area contributed by atoms with Crippen molar-refractivity contribution in [2.45, 2.75) is 6.18 Å². The number of nitriles is 1. The predicted octanol–water partition coefficient (Wildman–Crippen LogP) is 3.39. The third-order valence-corrected chi connectivity index (χ3v) is 4.75. The van der Waals surface area contributed by atoms with Gasteiger partial charge in [-0.2, -0.15) is 18.4 Å². The molecule has 0 bridgehead atoms. The number of piperazine rings is 1. The van der Waals surface area contributed by atoms with Gasteiger partial charge in [0.1, 0.15) is 11.9 Å². The number of hydrogen-bond donors (Lipinski definition) is 1. The molecule has 1 amide bonds. The number of aromatic nitrogens is 1. The van der Waals surface area contributed by atoms with Crippen molar-refractivity contribution in [3.05, 3.63) is 52.7 Å². The lowest BCUT2D eigenvalue weighted by atomic mass is 10.2. The Morgan fingerprint density at radius 3 is 2.52 bits per heavy atom. The van der Waals surface area contributed by atoms with Crippen LogP contribution >= 0.6 is 11.6 Å². The minimum Gasteiger partial charge on any atom is -0.354 e. The molecule has 0 spiro atoms. The molecule has 1 N–H and O–H groups in total. The van der Waals surface area contributed by atoms with E-state index in [-0.39, 0.29) is 12.5 Å². The average Bonchev–Trinajstić information content (AvgIpc) is 2.68. The Kier molecular flexibility index (Phi) is 6.25. The molecule has 1 aromatic carbocycles. The van der Waals surface area contributed by atoms with E-state index in [1.165, 1.54) is 18.2 Å². The summed E-state index contributed by atoms with van der Waals surface area (Å²) in [5.41, 5.74) is -0.104. The van der Waals surface area contributed by atoms with Crippen molar-refractivity contribution in [2.24, 2.45) is 0 Å². The molecule has 1 fully saturated rings. The van der Waals surface area contributed by atoms with Gasteiger partial charge in [0.05, 0.1) is 23.4 Å². The van der Waals surface area contributed by atoms with Crippen molar-refractivity contribution in [2.75, 3.05) is 42.9 Å². The number of carbonyl (C=O) groups excluding carboxylic acids is 1. The number of nitrogens with zero attached hydrogens (tertiary/aromatic N) is 4. The maximum absolute atomic E-state index is 12.6. The number of alkyl halides is 3. The summed E-state index contributed by atoms with van der Waals surface area (Å²) < 4.78 is 37.9. The molecule has 6 nitrogen and oxygen atoms in total. The number of halogens is 4. The third-order valence-electron chi connectivity index (χ3n) is 4.51. The van der Waals surface area contributed by atoms with Crippen LogP contribution in [-0.2, 0) is 11.0 Å². The first-order chi connectivity index (χ1) is 13.8. The molecule has 0 aliphatic carbocycles. The van der Waals surface area contributed by atoms with Crippen molar-refractivity contribution in [3.63, 3.8) is 0 Å². The summed E-state index contributed by atoms with van der Waals surface area (Å²) in [4.78, 5) is 20.0. The Labute approximate surface area is 170 Å². The molecular weight excluding hydrogens is 407 g/mol. The summed E-state index contributed by atoms with van der Waals surface area (Å²) in [6.07, 6.45) is -3.58. The van der Waals surface area contributed by atoms with Crippen LogP contribution in [0.3, 0.4) is 0 Å². The van der Waals surface area contributed by atoms with E-state index in [0.29, 0.717) is 48.3 Å². The van der Waals surface area contributed by atoms with Crippen LogP contribution in [0.4, 0.5) is 24.7 Å². The molecule has 3 rings (SSSR count). The van der Waals surface area contributed by atoms with Crippen LogP contribution in [0.2, 0.25) is 5.02 Å². The average molecular weight is 424 g/mol. The third kappa shape index (κ3) is 5.37. The van der Waals surface area contributed by atoms with E-state index in [1.54, 1.807) is 6.07 Å². The fourth-order valence-electron chi connectivity index (χ4n) is 2.99. The molecule has 10 heteroatoms. The second-order valence-electron chi connectivity index (χ2n) is 6.52. The van der Waals surface area contributed by atoms with Gasteiger partial charge in [-0.05, 0) is 30.3 Å². The first kappa shape index (κ1) is 20.9. The largest absolute Gasteiger partial charge is 0.417 e. The Morgan fingerprint density at radius 2 is 1.93 bits per heavy atom. The van der Waals surface area contributed by atoms with Crippen LogP contribution in [0.1, 0.15) is 11.1 Å². The number of carbonyl (C=O) groups is 1. The molecule has 1 aliphatic heterocycles. The van der Waals surface area contributed by atoms with Crippen LogP contribution in [-0.4, -0.2) is 48.5 Å². The molecule has 1 aromatic heterocycles. The van der Waals surface area contributed by atoms with Crippen molar-refractivity contribution in [1.82, 2.24) is 9.88 Å². The highest BCUT2D eigenvalue weighted by atomic mass is 35.5. The van der Waals surface area contributed by atoms with Gasteiger partial charge in [-0.15, -0.1) is 0 Å². The summed E-state index contributed by atoms with van der Waals surface area (Å²) >= 11 is 5.91. The zero-order chi connectivity index (χ0) is 21.0. The van der Waals surface area contributed by atoms with Gasteiger partial charge in [0, 0.05) is 37.4 Å². The number of rotatable bonds is 4.